The molecule has 0 spiro atoms. The van der Waals surface area contributed by atoms with Crippen LogP contribution in [0.1, 0.15) is 53.4 Å². The van der Waals surface area contributed by atoms with Gasteiger partial charge in [-0.25, -0.2) is 0 Å². The van der Waals surface area contributed by atoms with E-state index in [1.165, 1.54) is 12.8 Å². The number of nitrogens with one attached hydrogen (secondary N) is 1. The van der Waals surface area contributed by atoms with Crippen LogP contribution >= 0.6 is 0 Å². The summed E-state index contributed by atoms with van der Waals surface area (Å²) < 4.78 is 5.94. The quantitative estimate of drug-likeness (QED) is 0.748. The van der Waals surface area contributed by atoms with Crippen molar-refractivity contribution in [2.45, 2.75) is 76.7 Å². The van der Waals surface area contributed by atoms with Crippen LogP contribution in [0, 0.1) is 0 Å². The van der Waals surface area contributed by atoms with Gasteiger partial charge in [-0.1, -0.05) is 0 Å². The molecule has 2 rings (SSSR count). The molecule has 0 aromatic heterocycles. The molecule has 2 fully saturated rings. The highest BCUT2D eigenvalue weighted by Gasteiger charge is 2.33. The minimum absolute atomic E-state index is 0.0375. The predicted octanol–water partition coefficient (Wildman–Crippen LogP) is 1.77. The summed E-state index contributed by atoms with van der Waals surface area (Å²) in [6.07, 6.45) is 5.01. The van der Waals surface area contributed by atoms with Crippen molar-refractivity contribution in [1.82, 2.24) is 10.2 Å². The monoisotopic (exact) mass is 284 g/mol. The van der Waals surface area contributed by atoms with Gasteiger partial charge in [0.2, 0.25) is 0 Å². The first kappa shape index (κ1) is 16.2. The van der Waals surface area contributed by atoms with E-state index in [0.717, 1.165) is 32.5 Å². The van der Waals surface area contributed by atoms with E-state index >= 15 is 0 Å². The Kier molecular flexibility index (Phi) is 5.11. The lowest BCUT2D eigenvalue weighted by Gasteiger charge is -2.42. The van der Waals surface area contributed by atoms with Gasteiger partial charge in [-0.05, 0) is 59.9 Å². The number of hydrogen-bond acceptors (Lipinski definition) is 4. The van der Waals surface area contributed by atoms with E-state index in [9.17, 15) is 5.11 Å². The van der Waals surface area contributed by atoms with Crippen LogP contribution in [0.2, 0.25) is 0 Å². The molecule has 1 saturated carbocycles. The van der Waals surface area contributed by atoms with Crippen molar-refractivity contribution in [1.29, 1.82) is 0 Å². The lowest BCUT2D eigenvalue weighted by Crippen LogP contribution is -2.52. The van der Waals surface area contributed by atoms with Crippen LogP contribution in [-0.4, -0.2) is 59.5 Å². The highest BCUT2D eigenvalue weighted by Crippen LogP contribution is 2.25. The summed E-state index contributed by atoms with van der Waals surface area (Å²) in [6.45, 7) is 12.0. The molecule has 0 amide bonds. The normalized spacial score (nSPS) is 30.1. The fraction of sp³-hybridized carbons (Fsp3) is 1.00. The van der Waals surface area contributed by atoms with Crippen LogP contribution in [0.5, 0.6) is 0 Å². The zero-order valence-electron chi connectivity index (χ0n) is 13.6. The van der Waals surface area contributed by atoms with E-state index < -0.39 is 0 Å². The van der Waals surface area contributed by atoms with Crippen molar-refractivity contribution in [2.24, 2.45) is 0 Å². The summed E-state index contributed by atoms with van der Waals surface area (Å²) in [7, 11) is 0. The first-order chi connectivity index (χ1) is 9.32. The zero-order valence-corrected chi connectivity index (χ0v) is 13.6. The Balaban J connectivity index is 1.73. The van der Waals surface area contributed by atoms with Crippen molar-refractivity contribution in [3.05, 3.63) is 0 Å². The molecule has 4 nitrogen and oxygen atoms in total. The molecule has 2 atom stereocenters. The first-order valence-corrected chi connectivity index (χ1v) is 8.11. The summed E-state index contributed by atoms with van der Waals surface area (Å²) in [5.74, 6) is 0. The molecule has 0 bridgehead atoms. The summed E-state index contributed by atoms with van der Waals surface area (Å²) in [4.78, 5) is 2.50. The van der Waals surface area contributed by atoms with Crippen LogP contribution in [0.4, 0.5) is 0 Å². The van der Waals surface area contributed by atoms with E-state index in [4.69, 9.17) is 4.74 Å². The predicted molar refractivity (Wildman–Crippen MR) is 81.9 cm³/mol. The van der Waals surface area contributed by atoms with Crippen molar-refractivity contribution in [3.8, 4) is 0 Å². The Labute approximate surface area is 123 Å². The molecular weight excluding hydrogens is 252 g/mol. The van der Waals surface area contributed by atoms with Crippen molar-refractivity contribution >= 4 is 0 Å². The number of nitrogens with zero attached hydrogens (tertiary/aromatic N) is 1. The Morgan fingerprint density at radius 3 is 2.65 bits per heavy atom. The summed E-state index contributed by atoms with van der Waals surface area (Å²) in [6, 6.07) is 0.648. The maximum absolute atomic E-state index is 9.63. The van der Waals surface area contributed by atoms with Gasteiger partial charge in [-0.2, -0.15) is 0 Å². The highest BCUT2D eigenvalue weighted by molar-refractivity contribution is 4.92. The van der Waals surface area contributed by atoms with Crippen LogP contribution in [0.3, 0.4) is 0 Å². The molecule has 4 heteroatoms. The summed E-state index contributed by atoms with van der Waals surface area (Å²) >= 11 is 0. The molecule has 1 saturated heterocycles. The summed E-state index contributed by atoms with van der Waals surface area (Å²) in [5.41, 5.74) is -0.140. The van der Waals surface area contributed by atoms with E-state index in [1.807, 2.05) is 0 Å². The standard InChI is InChI=1S/C16H32N2O2/c1-13-10-18(11-15(2,3)20-13)9-5-8-16(4,12-19)17-14-6-7-14/h13-14,17,19H,5-12H2,1-4H3. The zero-order chi connectivity index (χ0) is 14.8. The average molecular weight is 284 g/mol. The first-order valence-electron chi connectivity index (χ1n) is 8.11. The number of ether oxygens (including phenoxy) is 1. The lowest BCUT2D eigenvalue weighted by molar-refractivity contribution is -0.129. The molecular formula is C16H32N2O2. The molecule has 2 unspecified atom stereocenters. The summed E-state index contributed by atoms with van der Waals surface area (Å²) in [5, 5.41) is 13.2. The van der Waals surface area contributed by atoms with Gasteiger partial charge >= 0.3 is 0 Å². The number of aliphatic hydroxyl groups is 1. The van der Waals surface area contributed by atoms with Gasteiger partial charge in [-0.3, -0.25) is 4.90 Å². The van der Waals surface area contributed by atoms with Gasteiger partial charge in [0.05, 0.1) is 18.3 Å². The average Bonchev–Trinajstić information content (AvgIpc) is 3.10. The minimum atomic E-state index is -0.103. The number of hydrogen-bond donors (Lipinski definition) is 2. The molecule has 0 aromatic carbocycles. The van der Waals surface area contributed by atoms with Gasteiger partial charge in [0.25, 0.3) is 0 Å². The molecule has 0 aromatic rings. The highest BCUT2D eigenvalue weighted by atomic mass is 16.5. The van der Waals surface area contributed by atoms with Crippen molar-refractivity contribution < 1.29 is 9.84 Å². The van der Waals surface area contributed by atoms with Gasteiger partial charge in [0.15, 0.2) is 0 Å². The Hall–Kier alpha value is -0.160. The van der Waals surface area contributed by atoms with Gasteiger partial charge in [0.1, 0.15) is 0 Å². The fourth-order valence-electron chi connectivity index (χ4n) is 3.37. The second-order valence-corrected chi connectivity index (χ2v) is 7.66. The van der Waals surface area contributed by atoms with Gasteiger partial charge in [0, 0.05) is 24.7 Å². The Bertz CT molecular complexity index is 318. The topological polar surface area (TPSA) is 44.7 Å². The third kappa shape index (κ3) is 4.99. The molecule has 2 aliphatic rings. The molecule has 20 heavy (non-hydrogen) atoms. The maximum atomic E-state index is 9.63. The smallest absolute Gasteiger partial charge is 0.0757 e. The maximum Gasteiger partial charge on any atom is 0.0757 e. The van der Waals surface area contributed by atoms with Crippen LogP contribution in [-0.2, 0) is 4.74 Å². The van der Waals surface area contributed by atoms with Crippen LogP contribution in [0.25, 0.3) is 0 Å². The van der Waals surface area contributed by atoms with E-state index in [1.54, 1.807) is 0 Å². The van der Waals surface area contributed by atoms with E-state index in [-0.39, 0.29) is 17.7 Å². The SMILES string of the molecule is CC1CN(CCCC(C)(CO)NC2CC2)CC(C)(C)O1. The number of rotatable bonds is 7. The van der Waals surface area contributed by atoms with Gasteiger partial charge in [-0.15, -0.1) is 0 Å². The Morgan fingerprint density at radius 1 is 1.40 bits per heavy atom. The largest absolute Gasteiger partial charge is 0.394 e. The lowest BCUT2D eigenvalue weighted by atomic mass is 9.96. The third-order valence-electron chi connectivity index (χ3n) is 4.32. The molecule has 118 valence electrons. The molecule has 2 N–H and O–H groups in total. The molecule has 1 aliphatic heterocycles. The van der Waals surface area contributed by atoms with E-state index in [2.05, 4.69) is 37.9 Å². The fourth-order valence-corrected chi connectivity index (χ4v) is 3.37. The van der Waals surface area contributed by atoms with Crippen LogP contribution < -0.4 is 5.32 Å². The molecule has 1 heterocycles. The van der Waals surface area contributed by atoms with Gasteiger partial charge < -0.3 is 15.2 Å². The second-order valence-electron chi connectivity index (χ2n) is 7.66. The van der Waals surface area contributed by atoms with Crippen molar-refractivity contribution in [2.75, 3.05) is 26.2 Å². The third-order valence-corrected chi connectivity index (χ3v) is 4.32. The number of aliphatic hydroxyl groups excluding tert-OH is 1. The number of morpholine rings is 1. The van der Waals surface area contributed by atoms with Crippen LogP contribution in [0.15, 0.2) is 0 Å². The minimum Gasteiger partial charge on any atom is -0.394 e. The second kappa shape index (κ2) is 6.30. The Morgan fingerprint density at radius 2 is 2.10 bits per heavy atom. The molecule has 1 aliphatic carbocycles. The van der Waals surface area contributed by atoms with E-state index in [0.29, 0.717) is 12.1 Å². The molecule has 0 radical (unpaired) electrons. The van der Waals surface area contributed by atoms with Crippen molar-refractivity contribution in [3.63, 3.8) is 0 Å².